The Morgan fingerprint density at radius 2 is 0.861 bits per heavy atom. The van der Waals surface area contributed by atoms with Crippen LogP contribution in [-0.2, 0) is 28.1 Å². The molecule has 0 amide bonds. The fourth-order valence-electron chi connectivity index (χ4n) is 4.05. The molecule has 0 aliphatic rings. The molecule has 0 aliphatic carbocycles. The molecule has 2 rings (SSSR count). The number of hydrogen-bond acceptors (Lipinski definition) is 6. The van der Waals surface area contributed by atoms with Crippen LogP contribution in [0, 0.1) is 0 Å². The van der Waals surface area contributed by atoms with Gasteiger partial charge in [-0.3, -0.25) is 0 Å². The summed E-state index contributed by atoms with van der Waals surface area (Å²) in [4.78, 5) is 0. The third-order valence-corrected chi connectivity index (χ3v) is 10.9. The van der Waals surface area contributed by atoms with Crippen molar-refractivity contribution in [3.05, 3.63) is 60.7 Å². The van der Waals surface area contributed by atoms with Crippen LogP contribution < -0.4 is 10.4 Å². The second-order valence-electron chi connectivity index (χ2n) is 9.26. The predicted molar refractivity (Wildman–Crippen MR) is 148 cm³/mol. The molecule has 0 saturated heterocycles. The van der Waals surface area contributed by atoms with Gasteiger partial charge in [0.25, 0.3) is 8.32 Å². The maximum absolute atomic E-state index is 6.81. The molecule has 0 N–H and O–H groups in total. The van der Waals surface area contributed by atoms with E-state index in [0.717, 1.165) is 0 Å². The van der Waals surface area contributed by atoms with Crippen LogP contribution in [0.5, 0.6) is 0 Å². The van der Waals surface area contributed by atoms with Gasteiger partial charge in [-0.25, -0.2) is 0 Å². The molecule has 202 valence electrons. The first kappa shape index (κ1) is 30.9. The van der Waals surface area contributed by atoms with Crippen molar-refractivity contribution in [3.63, 3.8) is 0 Å². The minimum atomic E-state index is -2.51. The Labute approximate surface area is 223 Å². The van der Waals surface area contributed by atoms with Gasteiger partial charge in [0.1, 0.15) is 0 Å². The number of ether oxygens (including phenoxy) is 5. The fourth-order valence-corrected chi connectivity index (χ4v) is 8.71. The van der Waals surface area contributed by atoms with E-state index >= 15 is 0 Å². The molecule has 36 heavy (non-hydrogen) atoms. The molecule has 2 aromatic carbocycles. The summed E-state index contributed by atoms with van der Waals surface area (Å²) in [5.74, 6) is 0.504. The lowest BCUT2D eigenvalue weighted by molar-refractivity contribution is -0.0120. The monoisotopic (exact) mass is 538 g/mol. The van der Waals surface area contributed by atoms with Gasteiger partial charge in [0.15, 0.2) is 0 Å². The highest BCUT2D eigenvalue weighted by Gasteiger charge is 2.49. The van der Waals surface area contributed by atoms with E-state index in [9.17, 15) is 0 Å². The van der Waals surface area contributed by atoms with E-state index in [4.69, 9.17) is 39.7 Å². The van der Waals surface area contributed by atoms with Crippen LogP contribution >= 0.6 is 11.6 Å². The van der Waals surface area contributed by atoms with Crippen LogP contribution in [0.2, 0.25) is 5.04 Å². The maximum atomic E-state index is 6.81. The Bertz CT molecular complexity index is 748. The summed E-state index contributed by atoms with van der Waals surface area (Å²) in [6, 6.07) is 21.3. The predicted octanol–water partition coefficient (Wildman–Crippen LogP) is 3.88. The topological polar surface area (TPSA) is 55.4 Å². The average Bonchev–Trinajstić information content (AvgIpc) is 2.88. The van der Waals surface area contributed by atoms with E-state index in [2.05, 4.69) is 81.4 Å². The highest BCUT2D eigenvalue weighted by atomic mass is 35.5. The van der Waals surface area contributed by atoms with Gasteiger partial charge < -0.3 is 28.1 Å². The number of benzene rings is 2. The van der Waals surface area contributed by atoms with E-state index in [1.807, 2.05) is 0 Å². The van der Waals surface area contributed by atoms with Crippen molar-refractivity contribution in [2.45, 2.75) is 25.8 Å². The molecule has 0 heterocycles. The molecule has 0 fully saturated rings. The Balaban J connectivity index is 1.65. The summed E-state index contributed by atoms with van der Waals surface area (Å²) >= 11 is 5.53. The van der Waals surface area contributed by atoms with Gasteiger partial charge in [-0.05, 0) is 15.4 Å². The average molecular weight is 539 g/mol. The Kier molecular flexibility index (Phi) is 15.5. The largest absolute Gasteiger partial charge is 0.405 e. The van der Waals surface area contributed by atoms with Crippen LogP contribution in [0.1, 0.15) is 20.8 Å². The lowest BCUT2D eigenvalue weighted by Crippen LogP contribution is -2.66. The molecule has 0 atom stereocenters. The third kappa shape index (κ3) is 10.6. The van der Waals surface area contributed by atoms with Crippen molar-refractivity contribution in [1.29, 1.82) is 0 Å². The summed E-state index contributed by atoms with van der Waals surface area (Å²) in [6.45, 7) is 12.7. The second kappa shape index (κ2) is 18.0. The lowest BCUT2D eigenvalue weighted by atomic mass is 10.2. The van der Waals surface area contributed by atoms with Crippen molar-refractivity contribution >= 4 is 30.3 Å². The first-order valence-electron chi connectivity index (χ1n) is 12.7. The van der Waals surface area contributed by atoms with E-state index in [1.54, 1.807) is 0 Å². The minimum absolute atomic E-state index is 0.0398. The summed E-state index contributed by atoms with van der Waals surface area (Å²) in [7, 11) is -2.51. The molecule has 0 unspecified atom stereocenters. The summed E-state index contributed by atoms with van der Waals surface area (Å²) < 4.78 is 34.3. The van der Waals surface area contributed by atoms with Crippen LogP contribution in [-0.4, -0.2) is 86.9 Å². The van der Waals surface area contributed by atoms with E-state index < -0.39 is 8.32 Å². The fraction of sp³-hybridized carbons (Fsp3) is 0.571. The van der Waals surface area contributed by atoms with Crippen LogP contribution in [0.4, 0.5) is 0 Å². The minimum Gasteiger partial charge on any atom is -0.405 e. The van der Waals surface area contributed by atoms with Crippen molar-refractivity contribution in [2.75, 3.05) is 78.6 Å². The Morgan fingerprint density at radius 3 is 1.19 bits per heavy atom. The Hall–Kier alpha value is -1.29. The smallest absolute Gasteiger partial charge is 0.261 e. The normalized spacial score (nSPS) is 12.2. The zero-order valence-electron chi connectivity index (χ0n) is 22.1. The molecular weight excluding hydrogens is 496 g/mol. The summed E-state index contributed by atoms with van der Waals surface area (Å²) in [5.41, 5.74) is 0. The number of hydrogen-bond donors (Lipinski definition) is 0. The van der Waals surface area contributed by atoms with Crippen LogP contribution in [0.25, 0.3) is 0 Å². The van der Waals surface area contributed by atoms with Gasteiger partial charge in [0.05, 0.1) is 72.7 Å². The van der Waals surface area contributed by atoms with Gasteiger partial charge in [0.2, 0.25) is 0 Å². The molecular formula is C28H43ClO6Si. The van der Waals surface area contributed by atoms with Crippen molar-refractivity contribution in [2.24, 2.45) is 0 Å². The third-order valence-electron chi connectivity index (χ3n) is 5.67. The van der Waals surface area contributed by atoms with Crippen LogP contribution in [0.15, 0.2) is 60.7 Å². The first-order valence-corrected chi connectivity index (χ1v) is 15.2. The number of alkyl halides is 1. The molecule has 8 heteroatoms. The van der Waals surface area contributed by atoms with Crippen LogP contribution in [0.3, 0.4) is 0 Å². The first-order chi connectivity index (χ1) is 17.5. The second-order valence-corrected chi connectivity index (χ2v) is 13.9. The molecule has 0 aliphatic heterocycles. The zero-order chi connectivity index (χ0) is 26.0. The number of halogens is 1. The SMILES string of the molecule is CC(C)(C)[Si](OCCOCCOCCOCCOCCOCCCl)(c1ccccc1)c1ccccc1. The quantitative estimate of drug-likeness (QED) is 0.145. The van der Waals surface area contributed by atoms with Crippen molar-refractivity contribution < 1.29 is 28.1 Å². The molecule has 0 spiro atoms. The standard InChI is InChI=1S/C28H43ClO6Si/c1-28(2,3)36(26-10-6-4-7-11-26,27-12-8-5-9-13-27)35-25-24-34-23-22-33-21-20-32-19-18-31-17-16-30-15-14-29/h4-13H,14-25H2,1-3H3. The van der Waals surface area contributed by atoms with E-state index in [1.165, 1.54) is 10.4 Å². The molecule has 0 saturated carbocycles. The molecule has 0 aromatic heterocycles. The zero-order valence-corrected chi connectivity index (χ0v) is 23.8. The maximum Gasteiger partial charge on any atom is 0.261 e. The van der Waals surface area contributed by atoms with Crippen molar-refractivity contribution in [1.82, 2.24) is 0 Å². The highest BCUT2D eigenvalue weighted by molar-refractivity contribution is 6.99. The van der Waals surface area contributed by atoms with Gasteiger partial charge in [0, 0.05) is 5.88 Å². The van der Waals surface area contributed by atoms with E-state index in [-0.39, 0.29) is 5.04 Å². The highest BCUT2D eigenvalue weighted by Crippen LogP contribution is 2.36. The molecule has 0 bridgehead atoms. The molecule has 6 nitrogen and oxygen atoms in total. The van der Waals surface area contributed by atoms with E-state index in [0.29, 0.717) is 78.6 Å². The van der Waals surface area contributed by atoms with Gasteiger partial charge >= 0.3 is 0 Å². The molecule has 2 aromatic rings. The van der Waals surface area contributed by atoms with Crippen molar-refractivity contribution in [3.8, 4) is 0 Å². The van der Waals surface area contributed by atoms with Gasteiger partial charge in [-0.1, -0.05) is 81.4 Å². The molecule has 0 radical (unpaired) electrons. The summed E-state index contributed by atoms with van der Waals surface area (Å²) in [5, 5.41) is 2.51. The number of rotatable bonds is 20. The van der Waals surface area contributed by atoms with Gasteiger partial charge in [-0.15, -0.1) is 11.6 Å². The Morgan fingerprint density at radius 1 is 0.528 bits per heavy atom. The van der Waals surface area contributed by atoms with Gasteiger partial charge in [-0.2, -0.15) is 0 Å². The lowest BCUT2D eigenvalue weighted by Gasteiger charge is -2.43. The summed E-state index contributed by atoms with van der Waals surface area (Å²) in [6.07, 6.45) is 0.